The van der Waals surface area contributed by atoms with Gasteiger partial charge in [0.05, 0.1) is 24.5 Å². The molecule has 0 spiro atoms. The summed E-state index contributed by atoms with van der Waals surface area (Å²) in [5.74, 6) is -0.683. The number of alkyl halides is 3. The van der Waals surface area contributed by atoms with E-state index in [9.17, 15) is 27.2 Å². The number of carbonyl (C=O) groups excluding carboxylic acids is 2. The van der Waals surface area contributed by atoms with E-state index in [1.807, 2.05) is 0 Å². The van der Waals surface area contributed by atoms with Gasteiger partial charge >= 0.3 is 6.18 Å². The highest BCUT2D eigenvalue weighted by Gasteiger charge is 2.33. The van der Waals surface area contributed by atoms with Gasteiger partial charge in [-0.25, -0.2) is 14.4 Å². The van der Waals surface area contributed by atoms with Crippen LogP contribution in [0, 0.1) is 11.7 Å². The van der Waals surface area contributed by atoms with Crippen molar-refractivity contribution < 1.29 is 36.6 Å². The Hall–Kier alpha value is -4.06. The van der Waals surface area contributed by atoms with Crippen molar-refractivity contribution in [1.82, 2.24) is 9.97 Å². The average molecular weight is 559 g/mol. The Morgan fingerprint density at radius 1 is 1.05 bits per heavy atom. The van der Waals surface area contributed by atoms with Crippen molar-refractivity contribution in [3.8, 4) is 11.5 Å². The number of nitrogens with one attached hydrogen (secondary N) is 1. The Morgan fingerprint density at radius 3 is 2.52 bits per heavy atom. The first-order chi connectivity index (χ1) is 19.1. The SMILES string of the molecule is O=C(Cc1ccc(Oc2ccnc(NC(=O)C3CC3)c2)c(F)c1)Cc1cc(C(F)(F)F)cc(N2CCOCC2)n1. The number of halogens is 4. The molecule has 1 saturated carbocycles. The number of benzene rings is 1. The molecule has 0 radical (unpaired) electrons. The van der Waals surface area contributed by atoms with Crippen molar-refractivity contribution in [2.45, 2.75) is 31.9 Å². The number of rotatable bonds is 9. The minimum absolute atomic E-state index is 0.00439. The summed E-state index contributed by atoms with van der Waals surface area (Å²) in [5, 5.41) is 2.69. The zero-order valence-electron chi connectivity index (χ0n) is 21.3. The van der Waals surface area contributed by atoms with Crippen LogP contribution in [0.15, 0.2) is 48.7 Å². The third-order valence-corrected chi connectivity index (χ3v) is 6.46. The third-order valence-electron chi connectivity index (χ3n) is 6.46. The topological polar surface area (TPSA) is 93.6 Å². The Labute approximate surface area is 227 Å². The summed E-state index contributed by atoms with van der Waals surface area (Å²) in [4.78, 5) is 34.7. The average Bonchev–Trinajstić information content (AvgIpc) is 3.76. The lowest BCUT2D eigenvalue weighted by atomic mass is 10.0. The number of pyridine rings is 2. The minimum Gasteiger partial charge on any atom is -0.454 e. The van der Waals surface area contributed by atoms with Crippen molar-refractivity contribution in [2.75, 3.05) is 36.5 Å². The summed E-state index contributed by atoms with van der Waals surface area (Å²) >= 11 is 0. The molecule has 0 unspecified atom stereocenters. The van der Waals surface area contributed by atoms with Gasteiger partial charge in [-0.15, -0.1) is 0 Å². The zero-order valence-corrected chi connectivity index (χ0v) is 21.3. The number of hydrogen-bond acceptors (Lipinski definition) is 7. The molecule has 3 heterocycles. The first-order valence-corrected chi connectivity index (χ1v) is 12.8. The van der Waals surface area contributed by atoms with Crippen LogP contribution in [-0.2, 0) is 33.3 Å². The Bertz CT molecular complexity index is 1410. The lowest BCUT2D eigenvalue weighted by molar-refractivity contribution is -0.137. The molecule has 1 N–H and O–H groups in total. The van der Waals surface area contributed by atoms with Gasteiger partial charge in [0.1, 0.15) is 23.2 Å². The molecular formula is C28H26F4N4O4. The molecule has 40 heavy (non-hydrogen) atoms. The van der Waals surface area contributed by atoms with Crippen LogP contribution in [0.2, 0.25) is 0 Å². The lowest BCUT2D eigenvalue weighted by Gasteiger charge is -2.28. The van der Waals surface area contributed by atoms with Crippen LogP contribution in [0.3, 0.4) is 0 Å². The Balaban J connectivity index is 1.24. The summed E-state index contributed by atoms with van der Waals surface area (Å²) in [7, 11) is 0. The maximum atomic E-state index is 14.8. The van der Waals surface area contributed by atoms with Crippen molar-refractivity contribution in [3.05, 3.63) is 71.3 Å². The van der Waals surface area contributed by atoms with Crippen LogP contribution in [0.4, 0.5) is 29.2 Å². The van der Waals surface area contributed by atoms with Gasteiger partial charge in [0, 0.05) is 44.1 Å². The molecule has 1 saturated heterocycles. The van der Waals surface area contributed by atoms with Gasteiger partial charge in [-0.05, 0) is 48.7 Å². The second-order valence-electron chi connectivity index (χ2n) is 9.70. The van der Waals surface area contributed by atoms with Gasteiger partial charge in [-0.3, -0.25) is 9.59 Å². The molecule has 2 fully saturated rings. The molecule has 3 aromatic rings. The summed E-state index contributed by atoms with van der Waals surface area (Å²) in [5.41, 5.74) is -0.558. The smallest absolute Gasteiger partial charge is 0.416 e. The van der Waals surface area contributed by atoms with Crippen molar-refractivity contribution in [2.24, 2.45) is 5.92 Å². The van der Waals surface area contributed by atoms with E-state index in [2.05, 4.69) is 15.3 Å². The molecule has 8 nitrogen and oxygen atoms in total. The molecule has 1 aliphatic heterocycles. The van der Waals surface area contributed by atoms with Gasteiger partial charge in [0.25, 0.3) is 0 Å². The highest BCUT2D eigenvalue weighted by molar-refractivity contribution is 5.93. The highest BCUT2D eigenvalue weighted by atomic mass is 19.4. The second-order valence-corrected chi connectivity index (χ2v) is 9.70. The number of ether oxygens (including phenoxy) is 2. The zero-order chi connectivity index (χ0) is 28.3. The van der Waals surface area contributed by atoms with Gasteiger partial charge < -0.3 is 19.7 Å². The Morgan fingerprint density at radius 2 is 1.82 bits per heavy atom. The fourth-order valence-electron chi connectivity index (χ4n) is 4.25. The number of ketones is 1. The van der Waals surface area contributed by atoms with E-state index in [1.54, 1.807) is 4.90 Å². The van der Waals surface area contributed by atoms with Crippen LogP contribution in [0.5, 0.6) is 11.5 Å². The number of anilines is 2. The number of aromatic nitrogens is 2. The van der Waals surface area contributed by atoms with Gasteiger partial charge in [0.2, 0.25) is 5.91 Å². The number of nitrogens with zero attached hydrogens (tertiary/aromatic N) is 3. The molecule has 12 heteroatoms. The third kappa shape index (κ3) is 7.12. The monoisotopic (exact) mass is 558 g/mol. The van der Waals surface area contributed by atoms with Crippen molar-refractivity contribution in [3.63, 3.8) is 0 Å². The molecule has 2 aliphatic rings. The number of carbonyl (C=O) groups is 2. The quantitative estimate of drug-likeness (QED) is 0.371. The van der Waals surface area contributed by atoms with Crippen LogP contribution in [0.1, 0.15) is 29.7 Å². The molecule has 210 valence electrons. The van der Waals surface area contributed by atoms with Crippen LogP contribution < -0.4 is 15.0 Å². The van der Waals surface area contributed by atoms with E-state index in [0.717, 1.165) is 31.0 Å². The maximum Gasteiger partial charge on any atom is 0.416 e. The van der Waals surface area contributed by atoms with E-state index in [-0.39, 0.29) is 53.5 Å². The molecule has 0 atom stereocenters. The van der Waals surface area contributed by atoms with Gasteiger partial charge in [-0.1, -0.05) is 6.07 Å². The lowest BCUT2D eigenvalue weighted by Crippen LogP contribution is -2.37. The summed E-state index contributed by atoms with van der Waals surface area (Å²) in [6.07, 6.45) is -2.03. The molecule has 1 aromatic carbocycles. The molecule has 2 aromatic heterocycles. The number of morpholine rings is 1. The van der Waals surface area contributed by atoms with E-state index < -0.39 is 23.3 Å². The molecular weight excluding hydrogens is 532 g/mol. The van der Waals surface area contributed by atoms with Gasteiger partial charge in [0.15, 0.2) is 11.6 Å². The Kier molecular flexibility index (Phi) is 7.97. The van der Waals surface area contributed by atoms with Crippen molar-refractivity contribution in [1.29, 1.82) is 0 Å². The normalized spacial score (nSPS) is 15.6. The number of amides is 1. The highest BCUT2D eigenvalue weighted by Crippen LogP contribution is 2.33. The summed E-state index contributed by atoms with van der Waals surface area (Å²) in [6.45, 7) is 1.53. The predicted octanol–water partition coefficient (Wildman–Crippen LogP) is 4.97. The predicted molar refractivity (Wildman–Crippen MR) is 137 cm³/mol. The maximum absolute atomic E-state index is 14.8. The van der Waals surface area contributed by atoms with Gasteiger partial charge in [-0.2, -0.15) is 13.2 Å². The molecule has 5 rings (SSSR count). The first kappa shape index (κ1) is 27.5. The summed E-state index contributed by atoms with van der Waals surface area (Å²) < 4.78 is 66.2. The van der Waals surface area contributed by atoms with Crippen LogP contribution in [0.25, 0.3) is 0 Å². The standard InChI is InChI=1S/C28H26F4N4O4/c29-23-12-17(1-4-24(23)40-22-5-6-33-25(16-22)35-27(38)18-2-3-18)11-21(37)15-20-13-19(28(30,31)32)14-26(34-20)36-7-9-39-10-8-36/h1,4-6,12-14,16,18H,2-3,7-11,15H2,(H,33,35,38). The largest absolute Gasteiger partial charge is 0.454 e. The van der Waals surface area contributed by atoms with Crippen LogP contribution >= 0.6 is 0 Å². The van der Waals surface area contributed by atoms with E-state index in [1.165, 1.54) is 30.5 Å². The van der Waals surface area contributed by atoms with Crippen LogP contribution in [-0.4, -0.2) is 48.0 Å². The van der Waals surface area contributed by atoms with Crippen molar-refractivity contribution >= 4 is 23.3 Å². The first-order valence-electron chi connectivity index (χ1n) is 12.8. The number of hydrogen-bond donors (Lipinski definition) is 1. The van der Waals surface area contributed by atoms with E-state index >= 15 is 0 Å². The molecule has 1 aliphatic carbocycles. The minimum atomic E-state index is -4.60. The molecule has 1 amide bonds. The fourth-order valence-corrected chi connectivity index (χ4v) is 4.25. The number of Topliss-reactive ketones (excluding diaryl/α,β-unsaturated/α-hetero) is 1. The summed E-state index contributed by atoms with van der Waals surface area (Å²) in [6, 6.07) is 8.84. The fraction of sp³-hybridized carbons (Fsp3) is 0.357. The molecule has 0 bridgehead atoms. The van der Waals surface area contributed by atoms with E-state index in [4.69, 9.17) is 9.47 Å². The van der Waals surface area contributed by atoms with E-state index in [0.29, 0.717) is 31.9 Å². The second kappa shape index (κ2) is 11.6.